The van der Waals surface area contributed by atoms with Crippen LogP contribution >= 0.6 is 11.8 Å². The molecule has 0 unspecified atom stereocenters. The highest BCUT2D eigenvalue weighted by Crippen LogP contribution is 2.20. The Bertz CT molecular complexity index is 453. The van der Waals surface area contributed by atoms with Gasteiger partial charge in [-0.2, -0.15) is 0 Å². The number of likely N-dealkylation sites (tertiary alicyclic amines) is 1. The molecule has 0 aliphatic carbocycles. The normalized spacial score (nSPS) is 16.7. The topological polar surface area (TPSA) is 35.6 Å². The van der Waals surface area contributed by atoms with E-state index in [9.17, 15) is 4.79 Å². The maximum absolute atomic E-state index is 11.7. The smallest absolute Gasteiger partial charge is 0.236 e. The number of hydrogen-bond acceptors (Lipinski definition) is 4. The number of likely N-dealkylation sites (N-methyl/N-ethyl adjacent to an activating group) is 1. The zero-order valence-corrected chi connectivity index (χ0v) is 13.9. The van der Waals surface area contributed by atoms with Crippen LogP contribution in [0.1, 0.15) is 12.8 Å². The summed E-state index contributed by atoms with van der Waals surface area (Å²) in [5.74, 6) is 0.189. The summed E-state index contributed by atoms with van der Waals surface area (Å²) in [6, 6.07) is 9.10. The third-order valence-electron chi connectivity index (χ3n) is 3.91. The van der Waals surface area contributed by atoms with E-state index in [4.69, 9.17) is 0 Å². The second-order valence-electron chi connectivity index (χ2n) is 5.71. The van der Waals surface area contributed by atoms with E-state index in [1.807, 2.05) is 14.1 Å². The number of hydrogen-bond donors (Lipinski definition) is 1. The summed E-state index contributed by atoms with van der Waals surface area (Å²) in [5.41, 5.74) is 1.19. The number of piperidine rings is 1. The SMILES string of the molecule is CSc1ccc(NC2CCN(CC(=O)N(C)C)CC2)cc1. The standard InChI is InChI=1S/C16H25N3OS/c1-18(2)16(20)12-19-10-8-14(9-11-19)17-13-4-6-15(21-3)7-5-13/h4-7,14,17H,8-12H2,1-3H3. The number of carbonyl (C=O) groups excluding carboxylic acids is 1. The van der Waals surface area contributed by atoms with E-state index in [-0.39, 0.29) is 5.91 Å². The molecule has 21 heavy (non-hydrogen) atoms. The van der Waals surface area contributed by atoms with Crippen molar-refractivity contribution in [1.29, 1.82) is 0 Å². The number of rotatable bonds is 5. The second-order valence-corrected chi connectivity index (χ2v) is 6.59. The minimum absolute atomic E-state index is 0.189. The summed E-state index contributed by atoms with van der Waals surface area (Å²) in [6.45, 7) is 2.52. The van der Waals surface area contributed by atoms with Gasteiger partial charge in [0.1, 0.15) is 0 Å². The monoisotopic (exact) mass is 307 g/mol. The summed E-state index contributed by atoms with van der Waals surface area (Å²) in [4.78, 5) is 16.9. The van der Waals surface area contributed by atoms with Crippen molar-refractivity contribution >= 4 is 23.4 Å². The molecule has 0 spiro atoms. The fraction of sp³-hybridized carbons (Fsp3) is 0.562. The lowest BCUT2D eigenvalue weighted by Crippen LogP contribution is -2.43. The Kier molecular flexibility index (Phi) is 5.94. The van der Waals surface area contributed by atoms with Crippen molar-refractivity contribution in [2.75, 3.05) is 45.3 Å². The van der Waals surface area contributed by atoms with Crippen LogP contribution in [0.4, 0.5) is 5.69 Å². The van der Waals surface area contributed by atoms with E-state index in [1.54, 1.807) is 16.7 Å². The second kappa shape index (κ2) is 7.71. The van der Waals surface area contributed by atoms with Gasteiger partial charge in [-0.05, 0) is 43.4 Å². The van der Waals surface area contributed by atoms with E-state index in [0.29, 0.717) is 12.6 Å². The molecular formula is C16H25N3OS. The van der Waals surface area contributed by atoms with Crippen LogP contribution < -0.4 is 5.32 Å². The molecule has 1 fully saturated rings. The molecule has 1 aliphatic rings. The van der Waals surface area contributed by atoms with E-state index in [0.717, 1.165) is 25.9 Å². The Morgan fingerprint density at radius 1 is 1.29 bits per heavy atom. The minimum Gasteiger partial charge on any atom is -0.382 e. The molecule has 0 aromatic heterocycles. The molecule has 1 amide bonds. The highest BCUT2D eigenvalue weighted by Gasteiger charge is 2.21. The molecule has 5 heteroatoms. The van der Waals surface area contributed by atoms with Crippen LogP contribution in [-0.4, -0.2) is 61.7 Å². The predicted octanol–water partition coefficient (Wildman–Crippen LogP) is 2.37. The Labute approximate surface area is 131 Å². The summed E-state index contributed by atoms with van der Waals surface area (Å²) >= 11 is 1.76. The van der Waals surface area contributed by atoms with Crippen molar-refractivity contribution in [3.05, 3.63) is 24.3 Å². The van der Waals surface area contributed by atoms with Gasteiger partial charge < -0.3 is 10.2 Å². The van der Waals surface area contributed by atoms with Crippen molar-refractivity contribution in [3.8, 4) is 0 Å². The van der Waals surface area contributed by atoms with Crippen molar-refractivity contribution in [2.45, 2.75) is 23.8 Å². The zero-order chi connectivity index (χ0) is 15.2. The van der Waals surface area contributed by atoms with Gasteiger partial charge in [0.2, 0.25) is 5.91 Å². The van der Waals surface area contributed by atoms with Crippen molar-refractivity contribution in [2.24, 2.45) is 0 Å². The van der Waals surface area contributed by atoms with Crippen molar-refractivity contribution < 1.29 is 4.79 Å². The van der Waals surface area contributed by atoms with Gasteiger partial charge in [-0.1, -0.05) is 0 Å². The zero-order valence-electron chi connectivity index (χ0n) is 13.1. The number of thioether (sulfide) groups is 1. The van der Waals surface area contributed by atoms with Gasteiger partial charge in [-0.25, -0.2) is 0 Å². The lowest BCUT2D eigenvalue weighted by molar-refractivity contribution is -0.130. The number of nitrogens with one attached hydrogen (secondary N) is 1. The van der Waals surface area contributed by atoms with Crippen LogP contribution in [0.2, 0.25) is 0 Å². The Morgan fingerprint density at radius 3 is 2.43 bits per heavy atom. The fourth-order valence-electron chi connectivity index (χ4n) is 2.49. The molecule has 116 valence electrons. The van der Waals surface area contributed by atoms with Crippen LogP contribution in [0.3, 0.4) is 0 Å². The molecule has 1 saturated heterocycles. The van der Waals surface area contributed by atoms with Crippen LogP contribution in [0.15, 0.2) is 29.2 Å². The third-order valence-corrected chi connectivity index (χ3v) is 4.65. The van der Waals surface area contributed by atoms with E-state index < -0.39 is 0 Å². The lowest BCUT2D eigenvalue weighted by Gasteiger charge is -2.33. The predicted molar refractivity (Wildman–Crippen MR) is 90.0 cm³/mol. The number of carbonyl (C=O) groups is 1. The molecule has 2 rings (SSSR count). The summed E-state index contributed by atoms with van der Waals surface area (Å²) < 4.78 is 0. The maximum Gasteiger partial charge on any atom is 0.236 e. The van der Waals surface area contributed by atoms with E-state index >= 15 is 0 Å². The van der Waals surface area contributed by atoms with Gasteiger partial charge in [0, 0.05) is 43.8 Å². The van der Waals surface area contributed by atoms with Crippen molar-refractivity contribution in [1.82, 2.24) is 9.80 Å². The highest BCUT2D eigenvalue weighted by molar-refractivity contribution is 7.98. The number of amides is 1. The first-order valence-electron chi connectivity index (χ1n) is 7.41. The lowest BCUT2D eigenvalue weighted by atomic mass is 10.0. The molecule has 1 aromatic rings. The Morgan fingerprint density at radius 2 is 1.90 bits per heavy atom. The Balaban J connectivity index is 1.77. The molecule has 1 aliphatic heterocycles. The van der Waals surface area contributed by atoms with Gasteiger partial charge in [0.15, 0.2) is 0 Å². The van der Waals surface area contributed by atoms with Gasteiger partial charge >= 0.3 is 0 Å². The third kappa shape index (κ3) is 4.93. The quantitative estimate of drug-likeness (QED) is 0.847. The molecule has 1 heterocycles. The maximum atomic E-state index is 11.7. The van der Waals surface area contributed by atoms with E-state index in [2.05, 4.69) is 40.7 Å². The average Bonchev–Trinajstić information content (AvgIpc) is 2.50. The van der Waals surface area contributed by atoms with Crippen LogP contribution in [0.25, 0.3) is 0 Å². The average molecular weight is 307 g/mol. The van der Waals surface area contributed by atoms with Crippen LogP contribution in [0, 0.1) is 0 Å². The van der Waals surface area contributed by atoms with Gasteiger partial charge in [0.05, 0.1) is 6.54 Å². The summed E-state index contributed by atoms with van der Waals surface area (Å²) in [5, 5.41) is 3.60. The van der Waals surface area contributed by atoms with E-state index in [1.165, 1.54) is 10.6 Å². The largest absolute Gasteiger partial charge is 0.382 e. The molecule has 0 bridgehead atoms. The molecule has 4 nitrogen and oxygen atoms in total. The summed E-state index contributed by atoms with van der Waals surface area (Å²) in [7, 11) is 3.63. The van der Waals surface area contributed by atoms with Crippen LogP contribution in [0.5, 0.6) is 0 Å². The molecule has 0 saturated carbocycles. The minimum atomic E-state index is 0.189. The van der Waals surface area contributed by atoms with Gasteiger partial charge in [-0.15, -0.1) is 11.8 Å². The first kappa shape index (κ1) is 16.2. The molecule has 0 atom stereocenters. The number of nitrogens with zero attached hydrogens (tertiary/aromatic N) is 2. The van der Waals surface area contributed by atoms with Crippen molar-refractivity contribution in [3.63, 3.8) is 0 Å². The fourth-order valence-corrected chi connectivity index (χ4v) is 2.90. The molecular weight excluding hydrogens is 282 g/mol. The first-order valence-corrected chi connectivity index (χ1v) is 8.64. The first-order chi connectivity index (χ1) is 10.1. The number of anilines is 1. The number of benzene rings is 1. The summed E-state index contributed by atoms with van der Waals surface area (Å²) in [6.07, 6.45) is 4.27. The highest BCUT2D eigenvalue weighted by atomic mass is 32.2. The van der Waals surface area contributed by atoms with Gasteiger partial charge in [0.25, 0.3) is 0 Å². The Hall–Kier alpha value is -1.20. The van der Waals surface area contributed by atoms with Crippen LogP contribution in [-0.2, 0) is 4.79 Å². The molecule has 1 aromatic carbocycles. The molecule has 0 radical (unpaired) electrons. The molecule has 1 N–H and O–H groups in total. The van der Waals surface area contributed by atoms with Gasteiger partial charge in [-0.3, -0.25) is 9.69 Å².